The van der Waals surface area contributed by atoms with E-state index in [0.29, 0.717) is 10.4 Å². The summed E-state index contributed by atoms with van der Waals surface area (Å²) in [5.74, 6) is -0.468. The van der Waals surface area contributed by atoms with Crippen molar-refractivity contribution in [3.8, 4) is 0 Å². The molecule has 8 nitrogen and oxygen atoms in total. The van der Waals surface area contributed by atoms with Gasteiger partial charge in [0.25, 0.3) is 11.6 Å². The molecule has 0 saturated heterocycles. The molecule has 0 radical (unpaired) electrons. The van der Waals surface area contributed by atoms with E-state index >= 15 is 0 Å². The number of carbonyl (C=O) groups is 1. The van der Waals surface area contributed by atoms with Crippen LogP contribution in [0.1, 0.15) is 20.8 Å². The van der Waals surface area contributed by atoms with Crippen molar-refractivity contribution in [2.24, 2.45) is 0 Å². The standard InChI is InChI=1S/C14H15N3O5S2/c1-9-3-4-10(7-12(9)17(19)20)14(18)16-8-11-5-6-13(23-11)24(21,22)15-2/h3-7,15H,8H2,1-2H3,(H,16,18). The molecule has 10 heteroatoms. The van der Waals surface area contributed by atoms with Crippen LogP contribution in [0.5, 0.6) is 0 Å². The van der Waals surface area contributed by atoms with Crippen molar-refractivity contribution < 1.29 is 18.1 Å². The number of nitro benzene ring substituents is 1. The Morgan fingerprint density at radius 2 is 2.00 bits per heavy atom. The number of nitrogens with one attached hydrogen (secondary N) is 2. The summed E-state index contributed by atoms with van der Waals surface area (Å²) in [7, 11) is -2.19. The molecule has 2 rings (SSSR count). The quantitative estimate of drug-likeness (QED) is 0.594. The van der Waals surface area contributed by atoms with Gasteiger partial charge in [0.2, 0.25) is 10.0 Å². The van der Waals surface area contributed by atoms with Gasteiger partial charge in [0.15, 0.2) is 0 Å². The van der Waals surface area contributed by atoms with Crippen LogP contribution in [0.4, 0.5) is 5.69 Å². The minimum atomic E-state index is -3.51. The fourth-order valence-electron chi connectivity index (χ4n) is 1.92. The van der Waals surface area contributed by atoms with Crippen LogP contribution in [-0.4, -0.2) is 26.3 Å². The molecule has 0 spiro atoms. The van der Waals surface area contributed by atoms with Crippen molar-refractivity contribution in [3.63, 3.8) is 0 Å². The lowest BCUT2D eigenvalue weighted by Gasteiger charge is -2.05. The van der Waals surface area contributed by atoms with Crippen LogP contribution >= 0.6 is 11.3 Å². The van der Waals surface area contributed by atoms with Crippen LogP contribution in [0.2, 0.25) is 0 Å². The molecule has 0 saturated carbocycles. The lowest BCUT2D eigenvalue weighted by Crippen LogP contribution is -2.22. The van der Waals surface area contributed by atoms with Gasteiger partial charge in [0.05, 0.1) is 11.5 Å². The number of aryl methyl sites for hydroxylation is 1. The number of hydrogen-bond acceptors (Lipinski definition) is 6. The summed E-state index contributed by atoms with van der Waals surface area (Å²) in [6.45, 7) is 1.72. The zero-order chi connectivity index (χ0) is 17.9. The van der Waals surface area contributed by atoms with E-state index in [1.165, 1.54) is 31.3 Å². The highest BCUT2D eigenvalue weighted by Gasteiger charge is 2.16. The molecule has 1 amide bonds. The van der Waals surface area contributed by atoms with Gasteiger partial charge in [-0.25, -0.2) is 13.1 Å². The first kappa shape index (κ1) is 18.0. The molecular weight excluding hydrogens is 354 g/mol. The molecule has 0 fully saturated rings. The van der Waals surface area contributed by atoms with Gasteiger partial charge in [-0.05, 0) is 32.2 Å². The van der Waals surface area contributed by atoms with E-state index in [2.05, 4.69) is 10.0 Å². The van der Waals surface area contributed by atoms with Crippen molar-refractivity contribution in [2.75, 3.05) is 7.05 Å². The van der Waals surface area contributed by atoms with Crippen LogP contribution in [0.25, 0.3) is 0 Å². The molecule has 0 bridgehead atoms. The van der Waals surface area contributed by atoms with Gasteiger partial charge < -0.3 is 5.32 Å². The first-order chi connectivity index (χ1) is 11.2. The minimum Gasteiger partial charge on any atom is -0.347 e. The van der Waals surface area contributed by atoms with E-state index in [9.17, 15) is 23.3 Å². The lowest BCUT2D eigenvalue weighted by molar-refractivity contribution is -0.385. The Morgan fingerprint density at radius 1 is 1.29 bits per heavy atom. The third-order valence-corrected chi connectivity index (χ3v) is 6.25. The summed E-state index contributed by atoms with van der Waals surface area (Å²) in [6.07, 6.45) is 0. The predicted molar refractivity (Wildman–Crippen MR) is 89.6 cm³/mol. The van der Waals surface area contributed by atoms with Crippen LogP contribution in [0, 0.1) is 17.0 Å². The van der Waals surface area contributed by atoms with Crippen molar-refractivity contribution in [3.05, 3.63) is 56.5 Å². The molecule has 2 aromatic rings. The van der Waals surface area contributed by atoms with Gasteiger partial charge in [-0.2, -0.15) is 0 Å². The van der Waals surface area contributed by atoms with Gasteiger partial charge >= 0.3 is 0 Å². The maximum absolute atomic E-state index is 12.1. The Morgan fingerprint density at radius 3 is 2.62 bits per heavy atom. The average Bonchev–Trinajstić information content (AvgIpc) is 3.02. The molecule has 1 heterocycles. The summed E-state index contributed by atoms with van der Waals surface area (Å²) < 4.78 is 25.7. The molecule has 0 aliphatic carbocycles. The Bertz CT molecular complexity index is 890. The van der Waals surface area contributed by atoms with Crippen LogP contribution in [0.3, 0.4) is 0 Å². The summed E-state index contributed by atoms with van der Waals surface area (Å²) in [5, 5.41) is 13.5. The zero-order valence-corrected chi connectivity index (χ0v) is 14.5. The topological polar surface area (TPSA) is 118 Å². The van der Waals surface area contributed by atoms with E-state index in [4.69, 9.17) is 0 Å². The largest absolute Gasteiger partial charge is 0.347 e. The summed E-state index contributed by atoms with van der Waals surface area (Å²) in [6, 6.07) is 7.29. The van der Waals surface area contributed by atoms with E-state index in [1.54, 1.807) is 13.0 Å². The molecule has 1 aromatic heterocycles. The molecular formula is C14H15N3O5S2. The number of amides is 1. The highest BCUT2D eigenvalue weighted by atomic mass is 32.2. The van der Waals surface area contributed by atoms with Crippen LogP contribution in [-0.2, 0) is 16.6 Å². The van der Waals surface area contributed by atoms with Crippen LogP contribution < -0.4 is 10.0 Å². The number of nitrogens with zero attached hydrogens (tertiary/aromatic N) is 1. The van der Waals surface area contributed by atoms with Crippen LogP contribution in [0.15, 0.2) is 34.5 Å². The fraction of sp³-hybridized carbons (Fsp3) is 0.214. The number of sulfonamides is 1. The molecule has 0 unspecified atom stereocenters. The first-order valence-electron chi connectivity index (χ1n) is 6.80. The van der Waals surface area contributed by atoms with Gasteiger partial charge in [-0.1, -0.05) is 6.07 Å². The number of thiophene rings is 1. The minimum absolute atomic E-state index is 0.124. The summed E-state index contributed by atoms with van der Waals surface area (Å²) >= 11 is 1.04. The maximum atomic E-state index is 12.1. The van der Waals surface area contributed by atoms with Crippen molar-refractivity contribution in [2.45, 2.75) is 17.7 Å². The Hall–Kier alpha value is -2.30. The number of benzene rings is 1. The Balaban J connectivity index is 2.09. The van der Waals surface area contributed by atoms with Crippen molar-refractivity contribution in [1.82, 2.24) is 10.0 Å². The number of nitro groups is 1. The number of hydrogen-bond donors (Lipinski definition) is 2. The highest BCUT2D eigenvalue weighted by molar-refractivity contribution is 7.91. The van der Waals surface area contributed by atoms with E-state index in [1.807, 2.05) is 0 Å². The molecule has 128 valence electrons. The fourth-order valence-corrected chi connectivity index (χ4v) is 4.05. The molecule has 24 heavy (non-hydrogen) atoms. The third kappa shape index (κ3) is 3.96. The van der Waals surface area contributed by atoms with Gasteiger partial charge in [-0.3, -0.25) is 14.9 Å². The molecule has 2 N–H and O–H groups in total. The highest BCUT2D eigenvalue weighted by Crippen LogP contribution is 2.22. The molecule has 0 atom stereocenters. The SMILES string of the molecule is CNS(=O)(=O)c1ccc(CNC(=O)c2ccc(C)c([N+](=O)[O-])c2)s1. The molecule has 0 aliphatic rings. The van der Waals surface area contributed by atoms with E-state index in [-0.39, 0.29) is 22.0 Å². The monoisotopic (exact) mass is 369 g/mol. The zero-order valence-electron chi connectivity index (χ0n) is 12.9. The normalized spacial score (nSPS) is 11.2. The van der Waals surface area contributed by atoms with Gasteiger partial charge in [0, 0.05) is 22.1 Å². The molecule has 0 aliphatic heterocycles. The smallest absolute Gasteiger partial charge is 0.273 e. The van der Waals surface area contributed by atoms with Crippen molar-refractivity contribution in [1.29, 1.82) is 0 Å². The number of rotatable bonds is 6. The second-order valence-corrected chi connectivity index (χ2v) is 8.15. The summed E-state index contributed by atoms with van der Waals surface area (Å²) in [4.78, 5) is 23.1. The Kier molecular flexibility index (Phi) is 5.32. The lowest BCUT2D eigenvalue weighted by atomic mass is 10.1. The van der Waals surface area contributed by atoms with E-state index in [0.717, 1.165) is 11.3 Å². The van der Waals surface area contributed by atoms with Crippen molar-refractivity contribution >= 4 is 33.0 Å². The summed E-state index contributed by atoms with van der Waals surface area (Å²) in [5.41, 5.74) is 0.518. The number of carbonyl (C=O) groups excluding carboxylic acids is 1. The second kappa shape index (κ2) is 7.07. The third-order valence-electron chi connectivity index (χ3n) is 3.26. The average molecular weight is 369 g/mol. The van der Waals surface area contributed by atoms with Gasteiger partial charge in [0.1, 0.15) is 4.21 Å². The first-order valence-corrected chi connectivity index (χ1v) is 9.10. The van der Waals surface area contributed by atoms with E-state index < -0.39 is 20.9 Å². The maximum Gasteiger partial charge on any atom is 0.273 e. The van der Waals surface area contributed by atoms with Gasteiger partial charge in [-0.15, -0.1) is 11.3 Å². The molecule has 1 aromatic carbocycles. The Labute approximate surface area is 142 Å². The predicted octanol–water partition coefficient (Wildman–Crippen LogP) is 1.80. The second-order valence-electron chi connectivity index (χ2n) is 4.87.